The van der Waals surface area contributed by atoms with Crippen molar-refractivity contribution in [3.05, 3.63) is 27.7 Å². The van der Waals surface area contributed by atoms with E-state index in [1.807, 2.05) is 20.8 Å². The maximum Gasteiger partial charge on any atom is 0 e. The summed E-state index contributed by atoms with van der Waals surface area (Å²) in [4.78, 5) is 0. The summed E-state index contributed by atoms with van der Waals surface area (Å²) in [7, 11) is 0. The Kier molecular flexibility index (Phi) is 233. The summed E-state index contributed by atoms with van der Waals surface area (Å²) in [6.07, 6.45) is 3.00. The second-order valence-electron chi connectivity index (χ2n) is 1.50. The molecule has 0 amide bonds. The van der Waals surface area contributed by atoms with E-state index in [1.54, 1.807) is 6.92 Å². The maximum absolute atomic E-state index is 3.49. The first-order valence-corrected chi connectivity index (χ1v) is 4.33. The Labute approximate surface area is 98.5 Å². The summed E-state index contributed by atoms with van der Waals surface area (Å²) in [5.41, 5.74) is 0. The van der Waals surface area contributed by atoms with Crippen molar-refractivity contribution in [3.8, 4) is 0 Å². The van der Waals surface area contributed by atoms with Crippen molar-refractivity contribution in [1.82, 2.24) is 0 Å². The van der Waals surface area contributed by atoms with Gasteiger partial charge in [0.15, 0.2) is 0 Å². The third-order valence-electron chi connectivity index (χ3n) is 0. The van der Waals surface area contributed by atoms with E-state index in [4.69, 9.17) is 0 Å². The zero-order valence-electron chi connectivity index (χ0n) is 9.45. The molecule has 0 heterocycles. The third-order valence-corrected chi connectivity index (χ3v) is 0. The summed E-state index contributed by atoms with van der Waals surface area (Å²) in [6, 6.07) is 0. The van der Waals surface area contributed by atoms with Crippen LogP contribution in [0, 0.1) is 27.7 Å². The molecule has 0 saturated heterocycles. The average Bonchev–Trinajstić information content (AvgIpc) is 1.96. The third kappa shape index (κ3) is 1630. The molecule has 12 heavy (non-hydrogen) atoms. The van der Waals surface area contributed by atoms with Crippen LogP contribution >= 0.6 is 0 Å². The van der Waals surface area contributed by atoms with Crippen LogP contribution in [0.25, 0.3) is 0 Å². The van der Waals surface area contributed by atoms with Crippen LogP contribution in [-0.4, -0.2) is 23.9 Å². The molecule has 0 N–H and O–H groups in total. The molecule has 0 bridgehead atoms. The summed E-state index contributed by atoms with van der Waals surface area (Å²) in [5, 5.41) is 0. The van der Waals surface area contributed by atoms with Gasteiger partial charge in [-0.3, -0.25) is 0 Å². The van der Waals surface area contributed by atoms with Crippen LogP contribution in [0.2, 0.25) is 0 Å². The summed E-state index contributed by atoms with van der Waals surface area (Å²) < 4.78 is 0. The molecule has 1 heteroatoms. The van der Waals surface area contributed by atoms with Gasteiger partial charge in [-0.05, 0) is 0 Å². The SMILES string of the molecule is [CH2]C.[CH2]CC.[CH2]CC.[CH2]CC.[Sn]. The molecule has 0 saturated carbocycles. The molecule has 8 radical (unpaired) electrons. The van der Waals surface area contributed by atoms with Gasteiger partial charge in [-0.1, -0.05) is 74.7 Å². The topological polar surface area (TPSA) is 0 Å². The minimum Gasteiger partial charge on any atom is -0.0654 e. The fourth-order valence-corrected chi connectivity index (χ4v) is 0. The monoisotopic (exact) mass is 278 g/mol. The molecule has 0 rings (SSSR count). The summed E-state index contributed by atoms with van der Waals surface area (Å²) in [6.45, 7) is 21.5. The fourth-order valence-electron chi connectivity index (χ4n) is 0. The Hall–Kier alpha value is 0.799. The summed E-state index contributed by atoms with van der Waals surface area (Å²) >= 11 is 0. The molecule has 0 spiro atoms. The van der Waals surface area contributed by atoms with Gasteiger partial charge in [-0.25, -0.2) is 0 Å². The first kappa shape index (κ1) is 29.3. The van der Waals surface area contributed by atoms with Gasteiger partial charge < -0.3 is 0 Å². The van der Waals surface area contributed by atoms with E-state index < -0.39 is 0 Å². The van der Waals surface area contributed by atoms with E-state index in [2.05, 4.69) is 27.7 Å². The molecule has 0 aliphatic carbocycles. The van der Waals surface area contributed by atoms with Crippen LogP contribution in [0.1, 0.15) is 47.0 Å². The van der Waals surface area contributed by atoms with Gasteiger partial charge in [-0.15, -0.1) is 0 Å². The van der Waals surface area contributed by atoms with Crippen LogP contribution in [-0.2, 0) is 0 Å². The van der Waals surface area contributed by atoms with Crippen molar-refractivity contribution >= 4 is 23.9 Å². The Bertz CT molecular complexity index is 9.72. The predicted octanol–water partition coefficient (Wildman–Crippen LogP) is 4.15. The van der Waals surface area contributed by atoms with Crippen LogP contribution in [0.3, 0.4) is 0 Å². The van der Waals surface area contributed by atoms with Crippen molar-refractivity contribution in [2.24, 2.45) is 0 Å². The molecular formula is C11H26Sn. The van der Waals surface area contributed by atoms with Gasteiger partial charge in [0.25, 0.3) is 0 Å². The first-order valence-electron chi connectivity index (χ1n) is 4.33. The zero-order chi connectivity index (χ0) is 10.1. The Morgan fingerprint density at radius 1 is 0.667 bits per heavy atom. The molecular weight excluding hydrogens is 251 g/mol. The predicted molar refractivity (Wildman–Crippen MR) is 63.7 cm³/mol. The van der Waals surface area contributed by atoms with E-state index in [1.165, 1.54) is 0 Å². The van der Waals surface area contributed by atoms with Gasteiger partial charge in [0.2, 0.25) is 0 Å². The normalized spacial score (nSPS) is 5.00. The molecule has 0 nitrogen and oxygen atoms in total. The van der Waals surface area contributed by atoms with Crippen molar-refractivity contribution in [2.45, 2.75) is 47.0 Å². The molecule has 0 unspecified atom stereocenters. The second-order valence-corrected chi connectivity index (χ2v) is 1.50. The quantitative estimate of drug-likeness (QED) is 0.583. The largest absolute Gasteiger partial charge is 0.0654 e. The number of rotatable bonds is 0. The number of hydrogen-bond acceptors (Lipinski definition) is 0. The van der Waals surface area contributed by atoms with Gasteiger partial charge in [0.05, 0.1) is 0 Å². The van der Waals surface area contributed by atoms with E-state index in [0.717, 1.165) is 19.3 Å². The van der Waals surface area contributed by atoms with E-state index >= 15 is 0 Å². The molecule has 0 aliphatic rings. The van der Waals surface area contributed by atoms with Crippen molar-refractivity contribution < 1.29 is 0 Å². The molecule has 0 fully saturated rings. The Balaban J connectivity index is -0.0000000179. The average molecular weight is 277 g/mol. The molecule has 0 aromatic rings. The first-order chi connectivity index (χ1) is 5.24. The van der Waals surface area contributed by atoms with Gasteiger partial charge in [-0.2, -0.15) is 0 Å². The van der Waals surface area contributed by atoms with E-state index in [0.29, 0.717) is 0 Å². The van der Waals surface area contributed by atoms with Crippen molar-refractivity contribution in [3.63, 3.8) is 0 Å². The molecule has 0 aliphatic heterocycles. The van der Waals surface area contributed by atoms with Crippen LogP contribution in [0.4, 0.5) is 0 Å². The van der Waals surface area contributed by atoms with Crippen LogP contribution < -0.4 is 0 Å². The van der Waals surface area contributed by atoms with Crippen molar-refractivity contribution in [1.29, 1.82) is 0 Å². The van der Waals surface area contributed by atoms with Crippen LogP contribution in [0.5, 0.6) is 0 Å². The van der Waals surface area contributed by atoms with Gasteiger partial charge >= 0.3 is 0 Å². The van der Waals surface area contributed by atoms with E-state index in [-0.39, 0.29) is 23.9 Å². The maximum atomic E-state index is 3.49. The molecule has 0 aromatic heterocycles. The minimum atomic E-state index is 0. The Morgan fingerprint density at radius 3 is 0.667 bits per heavy atom. The minimum absolute atomic E-state index is 0. The van der Waals surface area contributed by atoms with Crippen molar-refractivity contribution in [2.75, 3.05) is 0 Å². The molecule has 0 atom stereocenters. The Morgan fingerprint density at radius 2 is 0.667 bits per heavy atom. The zero-order valence-corrected chi connectivity index (χ0v) is 12.3. The van der Waals surface area contributed by atoms with Crippen LogP contribution in [0.15, 0.2) is 0 Å². The van der Waals surface area contributed by atoms with Gasteiger partial charge in [0, 0.05) is 23.9 Å². The number of hydrogen-bond donors (Lipinski definition) is 0. The molecule has 74 valence electrons. The smallest absolute Gasteiger partial charge is 0 e. The second kappa shape index (κ2) is 95.3. The van der Waals surface area contributed by atoms with Gasteiger partial charge in [0.1, 0.15) is 0 Å². The van der Waals surface area contributed by atoms with E-state index in [9.17, 15) is 0 Å². The summed E-state index contributed by atoms with van der Waals surface area (Å²) in [5.74, 6) is 0. The standard InChI is InChI=1S/3C3H7.C2H5.Sn/c3*1-3-2;1-2;/h3*1,3H2,2H3;1H2,2H3;. The molecule has 0 aromatic carbocycles. The fraction of sp³-hybridized carbons (Fsp3) is 0.636.